The summed E-state index contributed by atoms with van der Waals surface area (Å²) in [6, 6.07) is 0. The van der Waals surface area contributed by atoms with Gasteiger partial charge in [0.15, 0.2) is 5.65 Å². The van der Waals surface area contributed by atoms with Crippen LogP contribution in [-0.2, 0) is 20.8 Å². The predicted octanol–water partition coefficient (Wildman–Crippen LogP) is 0.212. The van der Waals surface area contributed by atoms with Crippen LogP contribution < -0.4 is 11.3 Å². The average molecular weight is 362 g/mol. The van der Waals surface area contributed by atoms with Gasteiger partial charge in [0.1, 0.15) is 13.4 Å². The molecule has 2 aromatic rings. The van der Waals surface area contributed by atoms with Crippen LogP contribution in [0.5, 0.6) is 0 Å². The lowest BCUT2D eigenvalue weighted by Gasteiger charge is -2.18. The zero-order valence-electron chi connectivity index (χ0n) is 14.7. The topological polar surface area (TPSA) is 132 Å². The van der Waals surface area contributed by atoms with Gasteiger partial charge in [-0.3, -0.25) is 14.6 Å². The van der Waals surface area contributed by atoms with Gasteiger partial charge in [-0.05, 0) is 6.42 Å². The van der Waals surface area contributed by atoms with Crippen LogP contribution in [0, 0.1) is 18.3 Å². The molecule has 0 spiro atoms. The minimum atomic E-state index is -0.520. The molecular weight excluding hydrogens is 340 g/mol. The lowest BCUT2D eigenvalue weighted by Crippen LogP contribution is -2.26. The number of aromatic nitrogens is 3. The van der Waals surface area contributed by atoms with Gasteiger partial charge >= 0.3 is 5.97 Å². The molecule has 2 rings (SSSR count). The van der Waals surface area contributed by atoms with Gasteiger partial charge in [-0.25, -0.2) is 0 Å². The summed E-state index contributed by atoms with van der Waals surface area (Å²) < 4.78 is 12.0. The molecule has 0 saturated heterocycles. The van der Waals surface area contributed by atoms with E-state index in [9.17, 15) is 9.59 Å². The van der Waals surface area contributed by atoms with Crippen molar-refractivity contribution in [3.05, 3.63) is 22.1 Å². The van der Waals surface area contributed by atoms with Crippen LogP contribution in [-0.4, -0.2) is 45.1 Å². The number of aliphatic hydroxyl groups is 1. The molecular formula is C17H22N4O5. The first kappa shape index (κ1) is 19.5. The normalized spacial score (nSPS) is 12.3. The van der Waals surface area contributed by atoms with Gasteiger partial charge < -0.3 is 24.9 Å². The molecule has 0 amide bonds. The van der Waals surface area contributed by atoms with Gasteiger partial charge in [0.2, 0.25) is 5.95 Å². The van der Waals surface area contributed by atoms with Crippen LogP contribution in [0.1, 0.15) is 25.8 Å². The number of ether oxygens (including phenoxy) is 2. The van der Waals surface area contributed by atoms with Gasteiger partial charge in [0.25, 0.3) is 5.56 Å². The lowest BCUT2D eigenvalue weighted by molar-refractivity contribution is -0.155. The standard InChI is InChI=1S/C17H22N4O5/c1-4-11-7-21(14-13(11)15(23)20-17(18)19-14)6-5-12(26-9-22)8-25-16(24)10(2)3/h1,7,10,12,22H,5-6,8-9H2,2-3H3,(H3,18,19,20,23). The third-order valence-corrected chi connectivity index (χ3v) is 3.79. The lowest BCUT2D eigenvalue weighted by atomic mass is 10.2. The summed E-state index contributed by atoms with van der Waals surface area (Å²) in [5, 5.41) is 9.31. The van der Waals surface area contributed by atoms with Gasteiger partial charge in [0, 0.05) is 12.7 Å². The summed E-state index contributed by atoms with van der Waals surface area (Å²) in [7, 11) is 0. The fraction of sp³-hybridized carbons (Fsp3) is 0.471. The molecule has 0 radical (unpaired) electrons. The predicted molar refractivity (Wildman–Crippen MR) is 95.1 cm³/mol. The molecule has 2 aromatic heterocycles. The van der Waals surface area contributed by atoms with Crippen molar-refractivity contribution in [2.75, 3.05) is 19.1 Å². The highest BCUT2D eigenvalue weighted by molar-refractivity contribution is 5.83. The molecule has 9 nitrogen and oxygen atoms in total. The van der Waals surface area contributed by atoms with Crippen molar-refractivity contribution in [2.45, 2.75) is 32.9 Å². The maximum absolute atomic E-state index is 12.1. The number of nitrogens with one attached hydrogen (secondary N) is 1. The molecule has 0 aliphatic carbocycles. The summed E-state index contributed by atoms with van der Waals surface area (Å²) >= 11 is 0. The molecule has 1 unspecified atom stereocenters. The summed E-state index contributed by atoms with van der Waals surface area (Å²) in [5.41, 5.74) is 5.97. The Labute approximate surface area is 150 Å². The van der Waals surface area contributed by atoms with E-state index in [1.807, 2.05) is 0 Å². The van der Waals surface area contributed by atoms with Gasteiger partial charge in [-0.2, -0.15) is 4.98 Å². The smallest absolute Gasteiger partial charge is 0.308 e. The monoisotopic (exact) mass is 362 g/mol. The van der Waals surface area contributed by atoms with Crippen molar-refractivity contribution in [1.82, 2.24) is 14.5 Å². The van der Waals surface area contributed by atoms with Crippen LogP contribution in [0.2, 0.25) is 0 Å². The first-order valence-corrected chi connectivity index (χ1v) is 8.11. The van der Waals surface area contributed by atoms with E-state index in [2.05, 4.69) is 15.9 Å². The number of aromatic amines is 1. The maximum Gasteiger partial charge on any atom is 0.308 e. The number of aliphatic hydroxyl groups excluding tert-OH is 1. The number of nitrogen functional groups attached to an aromatic ring is 1. The number of nitrogens with two attached hydrogens (primary N) is 1. The highest BCUT2D eigenvalue weighted by Gasteiger charge is 2.17. The van der Waals surface area contributed by atoms with Crippen LogP contribution in [0.3, 0.4) is 0 Å². The summed E-state index contributed by atoms with van der Waals surface area (Å²) in [6.45, 7) is 3.33. The maximum atomic E-state index is 12.1. The van der Waals surface area contributed by atoms with Crippen LogP contribution in [0.25, 0.3) is 11.0 Å². The Morgan fingerprint density at radius 3 is 2.88 bits per heavy atom. The van der Waals surface area contributed by atoms with Crippen molar-refractivity contribution in [2.24, 2.45) is 5.92 Å². The second kappa shape index (κ2) is 8.51. The summed E-state index contributed by atoms with van der Waals surface area (Å²) in [6.07, 6.45) is 6.96. The zero-order chi connectivity index (χ0) is 19.3. The number of hydrogen-bond acceptors (Lipinski definition) is 7. The van der Waals surface area contributed by atoms with Crippen LogP contribution >= 0.6 is 0 Å². The Kier molecular flexibility index (Phi) is 6.38. The van der Waals surface area contributed by atoms with Crippen molar-refractivity contribution >= 4 is 23.0 Å². The largest absolute Gasteiger partial charge is 0.463 e. The first-order chi connectivity index (χ1) is 12.4. The van der Waals surface area contributed by atoms with E-state index in [0.717, 1.165) is 0 Å². The number of carbonyl (C=O) groups excluding carboxylic acids is 1. The molecule has 0 aromatic carbocycles. The van der Waals surface area contributed by atoms with E-state index in [4.69, 9.17) is 26.7 Å². The van der Waals surface area contributed by atoms with E-state index >= 15 is 0 Å². The minimum absolute atomic E-state index is 0.00885. The molecule has 0 aliphatic heterocycles. The zero-order valence-corrected chi connectivity index (χ0v) is 14.7. The average Bonchev–Trinajstić information content (AvgIpc) is 2.94. The molecule has 0 saturated carbocycles. The fourth-order valence-electron chi connectivity index (χ4n) is 2.44. The third kappa shape index (κ3) is 4.41. The van der Waals surface area contributed by atoms with E-state index in [1.54, 1.807) is 24.6 Å². The van der Waals surface area contributed by atoms with Crippen LogP contribution in [0.15, 0.2) is 11.0 Å². The quantitative estimate of drug-likeness (QED) is 0.347. The van der Waals surface area contributed by atoms with Gasteiger partial charge in [-0.15, -0.1) is 6.42 Å². The van der Waals surface area contributed by atoms with Crippen molar-refractivity contribution < 1.29 is 19.4 Å². The molecule has 0 aliphatic rings. The number of aryl methyl sites for hydroxylation is 1. The molecule has 9 heteroatoms. The third-order valence-electron chi connectivity index (χ3n) is 3.79. The van der Waals surface area contributed by atoms with Crippen molar-refractivity contribution in [3.63, 3.8) is 0 Å². The number of carbonyl (C=O) groups is 1. The molecule has 0 fully saturated rings. The number of hydrogen-bond donors (Lipinski definition) is 3. The van der Waals surface area contributed by atoms with E-state index in [-0.39, 0.29) is 29.8 Å². The van der Waals surface area contributed by atoms with Gasteiger partial charge in [0.05, 0.1) is 23.0 Å². The number of anilines is 1. The van der Waals surface area contributed by atoms with E-state index < -0.39 is 18.5 Å². The second-order valence-corrected chi connectivity index (χ2v) is 6.02. The Hall–Kier alpha value is -2.83. The van der Waals surface area contributed by atoms with Gasteiger partial charge in [-0.1, -0.05) is 19.8 Å². The number of esters is 1. The van der Waals surface area contributed by atoms with Crippen molar-refractivity contribution in [3.8, 4) is 12.3 Å². The summed E-state index contributed by atoms with van der Waals surface area (Å²) in [4.78, 5) is 30.2. The fourth-order valence-corrected chi connectivity index (χ4v) is 2.44. The number of nitrogens with zero attached hydrogens (tertiary/aromatic N) is 2. The van der Waals surface area contributed by atoms with E-state index in [0.29, 0.717) is 24.2 Å². The van der Waals surface area contributed by atoms with E-state index in [1.165, 1.54) is 0 Å². The number of H-pyrrole nitrogens is 1. The molecule has 4 N–H and O–H groups in total. The highest BCUT2D eigenvalue weighted by Crippen LogP contribution is 2.17. The Bertz CT molecular complexity index is 878. The van der Waals surface area contributed by atoms with Crippen molar-refractivity contribution in [1.29, 1.82) is 0 Å². The number of terminal acetylenes is 1. The number of rotatable bonds is 8. The first-order valence-electron chi connectivity index (χ1n) is 8.11. The Morgan fingerprint density at radius 2 is 2.27 bits per heavy atom. The highest BCUT2D eigenvalue weighted by atomic mass is 16.6. The minimum Gasteiger partial charge on any atom is -0.463 e. The molecule has 140 valence electrons. The second-order valence-electron chi connectivity index (χ2n) is 6.02. The Morgan fingerprint density at radius 1 is 1.54 bits per heavy atom. The molecule has 1 atom stereocenters. The summed E-state index contributed by atoms with van der Waals surface area (Å²) in [5.74, 6) is 1.84. The van der Waals surface area contributed by atoms with Crippen LogP contribution in [0.4, 0.5) is 5.95 Å². The molecule has 0 bridgehead atoms. The molecule has 2 heterocycles. The number of fused-ring (bicyclic) bond motifs is 1. The molecule has 26 heavy (non-hydrogen) atoms. The Balaban J connectivity index is 2.17. The SMILES string of the molecule is C#Cc1cn(CCC(COC(=O)C(C)C)OCO)c2nc(N)[nH]c(=O)c12.